The first-order valence-electron chi connectivity index (χ1n) is 7.20. The Balaban J connectivity index is 1.99. The van der Waals surface area contributed by atoms with E-state index in [-0.39, 0.29) is 5.91 Å². The van der Waals surface area contributed by atoms with E-state index in [1.807, 2.05) is 39.0 Å². The second-order valence-electron chi connectivity index (χ2n) is 4.82. The molecule has 0 bridgehead atoms. The van der Waals surface area contributed by atoms with E-state index >= 15 is 0 Å². The van der Waals surface area contributed by atoms with Gasteiger partial charge in [0.25, 0.3) is 5.91 Å². The first-order chi connectivity index (χ1) is 10.1. The Bertz CT molecular complexity index is 620. The predicted molar refractivity (Wildman–Crippen MR) is 82.4 cm³/mol. The van der Waals surface area contributed by atoms with Crippen molar-refractivity contribution in [3.05, 3.63) is 47.2 Å². The van der Waals surface area contributed by atoms with Crippen molar-refractivity contribution in [3.63, 3.8) is 0 Å². The fourth-order valence-electron chi connectivity index (χ4n) is 2.08. The van der Waals surface area contributed by atoms with Gasteiger partial charge >= 0.3 is 0 Å². The van der Waals surface area contributed by atoms with Gasteiger partial charge in [0.1, 0.15) is 5.76 Å². The summed E-state index contributed by atoms with van der Waals surface area (Å²) in [6.45, 7) is 7.12. The predicted octanol–water partition coefficient (Wildman–Crippen LogP) is 2.91. The zero-order valence-electron chi connectivity index (χ0n) is 12.7. The smallest absolute Gasteiger partial charge is 0.251 e. The molecule has 2 aromatic rings. The van der Waals surface area contributed by atoms with E-state index in [4.69, 9.17) is 4.42 Å². The lowest BCUT2D eigenvalue weighted by Crippen LogP contribution is -2.23. The van der Waals surface area contributed by atoms with Gasteiger partial charge in [0.2, 0.25) is 5.89 Å². The number of aryl methyl sites for hydroxylation is 2. The zero-order chi connectivity index (χ0) is 15.2. The Hall–Kier alpha value is -2.30. The average Bonchev–Trinajstić information content (AvgIpc) is 2.93. The molecule has 0 aliphatic rings. The van der Waals surface area contributed by atoms with E-state index in [0.29, 0.717) is 18.0 Å². The second kappa shape index (κ2) is 6.92. The fourth-order valence-corrected chi connectivity index (χ4v) is 2.08. The van der Waals surface area contributed by atoms with Gasteiger partial charge in [0.15, 0.2) is 0 Å². The topological polar surface area (TPSA) is 67.2 Å². The number of carbonyl (C=O) groups excluding carboxylic acids is 1. The van der Waals surface area contributed by atoms with Crippen LogP contribution in [0.4, 0.5) is 5.69 Å². The van der Waals surface area contributed by atoms with E-state index in [1.54, 1.807) is 6.20 Å². The Morgan fingerprint density at radius 1 is 1.33 bits per heavy atom. The van der Waals surface area contributed by atoms with E-state index in [0.717, 1.165) is 30.0 Å². The van der Waals surface area contributed by atoms with Gasteiger partial charge in [-0.15, -0.1) is 0 Å². The van der Waals surface area contributed by atoms with Crippen molar-refractivity contribution < 1.29 is 9.21 Å². The summed E-state index contributed by atoms with van der Waals surface area (Å²) in [5.41, 5.74) is 2.62. The van der Waals surface area contributed by atoms with Gasteiger partial charge in [0, 0.05) is 24.2 Å². The molecule has 2 rings (SSSR count). The number of aromatic nitrogens is 1. The largest absolute Gasteiger partial charge is 0.444 e. The van der Waals surface area contributed by atoms with Crippen LogP contribution < -0.4 is 10.6 Å². The standard InChI is InChI=1S/C16H21N3O2/c1-4-13-9-18-15(21-13)10-19-16(20)14-7-6-12(17-5-2)8-11(14)3/h6-9,17H,4-5,10H2,1-3H3,(H,19,20). The maximum Gasteiger partial charge on any atom is 0.251 e. The Morgan fingerprint density at radius 2 is 2.14 bits per heavy atom. The van der Waals surface area contributed by atoms with Crippen molar-refractivity contribution >= 4 is 11.6 Å². The van der Waals surface area contributed by atoms with Gasteiger partial charge in [-0.3, -0.25) is 4.79 Å². The molecular weight excluding hydrogens is 266 g/mol. The third-order valence-corrected chi connectivity index (χ3v) is 3.20. The first-order valence-corrected chi connectivity index (χ1v) is 7.20. The monoisotopic (exact) mass is 287 g/mol. The van der Waals surface area contributed by atoms with Crippen LogP contribution in [-0.2, 0) is 13.0 Å². The number of hydrogen-bond donors (Lipinski definition) is 2. The Labute approximate surface area is 124 Å². The maximum atomic E-state index is 12.2. The zero-order valence-corrected chi connectivity index (χ0v) is 12.7. The number of rotatable bonds is 6. The van der Waals surface area contributed by atoms with Crippen molar-refractivity contribution in [3.8, 4) is 0 Å². The highest BCUT2D eigenvalue weighted by molar-refractivity contribution is 5.95. The SMILES string of the molecule is CCNc1ccc(C(=O)NCc2ncc(CC)o2)c(C)c1. The Kier molecular flexibility index (Phi) is 4.98. The summed E-state index contributed by atoms with van der Waals surface area (Å²) in [6, 6.07) is 5.71. The molecule has 5 heteroatoms. The van der Waals surface area contributed by atoms with Crippen molar-refractivity contribution in [2.24, 2.45) is 0 Å². The average molecular weight is 287 g/mol. The summed E-state index contributed by atoms with van der Waals surface area (Å²) in [5, 5.41) is 6.05. The number of carbonyl (C=O) groups is 1. The van der Waals surface area contributed by atoms with E-state index in [9.17, 15) is 4.79 Å². The molecule has 0 atom stereocenters. The highest BCUT2D eigenvalue weighted by Gasteiger charge is 2.10. The van der Waals surface area contributed by atoms with Crippen LogP contribution in [0.3, 0.4) is 0 Å². The number of nitrogens with one attached hydrogen (secondary N) is 2. The number of benzene rings is 1. The number of amides is 1. The quantitative estimate of drug-likeness (QED) is 0.857. The summed E-state index contributed by atoms with van der Waals surface area (Å²) >= 11 is 0. The molecule has 0 radical (unpaired) electrons. The number of nitrogens with zero attached hydrogens (tertiary/aromatic N) is 1. The van der Waals surface area contributed by atoms with E-state index in [1.165, 1.54) is 0 Å². The van der Waals surface area contributed by atoms with Crippen LogP contribution in [0.2, 0.25) is 0 Å². The van der Waals surface area contributed by atoms with Crippen molar-refractivity contribution in [2.75, 3.05) is 11.9 Å². The third-order valence-electron chi connectivity index (χ3n) is 3.20. The molecule has 2 N–H and O–H groups in total. The lowest BCUT2D eigenvalue weighted by atomic mass is 10.1. The normalized spacial score (nSPS) is 10.4. The van der Waals surface area contributed by atoms with Gasteiger partial charge < -0.3 is 15.1 Å². The molecule has 1 amide bonds. The summed E-state index contributed by atoms with van der Waals surface area (Å²) in [4.78, 5) is 16.3. The number of anilines is 1. The summed E-state index contributed by atoms with van der Waals surface area (Å²) in [6.07, 6.45) is 2.49. The molecule has 0 fully saturated rings. The molecule has 1 aromatic carbocycles. The van der Waals surface area contributed by atoms with Crippen LogP contribution >= 0.6 is 0 Å². The van der Waals surface area contributed by atoms with Gasteiger partial charge in [-0.2, -0.15) is 0 Å². The highest BCUT2D eigenvalue weighted by atomic mass is 16.4. The number of hydrogen-bond acceptors (Lipinski definition) is 4. The van der Waals surface area contributed by atoms with Crippen LogP contribution in [0.25, 0.3) is 0 Å². The minimum absolute atomic E-state index is 0.119. The third kappa shape index (κ3) is 3.84. The summed E-state index contributed by atoms with van der Waals surface area (Å²) in [5.74, 6) is 1.24. The molecular formula is C16H21N3O2. The van der Waals surface area contributed by atoms with Gasteiger partial charge in [-0.05, 0) is 37.6 Å². The lowest BCUT2D eigenvalue weighted by Gasteiger charge is -2.09. The first kappa shape index (κ1) is 15.1. The molecule has 21 heavy (non-hydrogen) atoms. The summed E-state index contributed by atoms with van der Waals surface area (Å²) < 4.78 is 5.46. The van der Waals surface area contributed by atoms with Crippen molar-refractivity contribution in [1.82, 2.24) is 10.3 Å². The fraction of sp³-hybridized carbons (Fsp3) is 0.375. The van der Waals surface area contributed by atoms with Crippen LogP contribution in [0.15, 0.2) is 28.8 Å². The van der Waals surface area contributed by atoms with Crippen LogP contribution in [0.5, 0.6) is 0 Å². The molecule has 0 unspecified atom stereocenters. The molecule has 0 spiro atoms. The highest BCUT2D eigenvalue weighted by Crippen LogP contribution is 2.15. The molecule has 0 aliphatic heterocycles. The molecule has 0 saturated carbocycles. The summed E-state index contributed by atoms with van der Waals surface area (Å²) in [7, 11) is 0. The molecule has 112 valence electrons. The minimum atomic E-state index is -0.119. The molecule has 0 saturated heterocycles. The van der Waals surface area contributed by atoms with Gasteiger partial charge in [-0.1, -0.05) is 6.92 Å². The second-order valence-corrected chi connectivity index (χ2v) is 4.82. The molecule has 1 heterocycles. The number of oxazole rings is 1. The minimum Gasteiger partial charge on any atom is -0.444 e. The molecule has 1 aromatic heterocycles. The van der Waals surface area contributed by atoms with Crippen molar-refractivity contribution in [1.29, 1.82) is 0 Å². The van der Waals surface area contributed by atoms with Crippen LogP contribution in [-0.4, -0.2) is 17.4 Å². The maximum absolute atomic E-state index is 12.2. The van der Waals surface area contributed by atoms with Crippen molar-refractivity contribution in [2.45, 2.75) is 33.7 Å². The molecule has 0 aliphatic carbocycles. The van der Waals surface area contributed by atoms with E-state index < -0.39 is 0 Å². The van der Waals surface area contributed by atoms with Gasteiger partial charge in [0.05, 0.1) is 12.7 Å². The van der Waals surface area contributed by atoms with E-state index in [2.05, 4.69) is 15.6 Å². The van der Waals surface area contributed by atoms with Gasteiger partial charge in [-0.25, -0.2) is 4.98 Å². The van der Waals surface area contributed by atoms with Crippen LogP contribution in [0, 0.1) is 6.92 Å². The van der Waals surface area contributed by atoms with Crippen LogP contribution in [0.1, 0.15) is 41.4 Å². The molecule has 5 nitrogen and oxygen atoms in total. The Morgan fingerprint density at radius 3 is 2.76 bits per heavy atom. The lowest BCUT2D eigenvalue weighted by molar-refractivity contribution is 0.0946.